The van der Waals surface area contributed by atoms with Gasteiger partial charge in [-0.25, -0.2) is 0 Å². The lowest BCUT2D eigenvalue weighted by atomic mass is 10.1. The summed E-state index contributed by atoms with van der Waals surface area (Å²) in [6.45, 7) is 11.0. The van der Waals surface area contributed by atoms with E-state index in [4.69, 9.17) is 4.43 Å². The van der Waals surface area contributed by atoms with E-state index in [1.165, 1.54) is 10.4 Å². The van der Waals surface area contributed by atoms with E-state index in [9.17, 15) is 4.79 Å². The zero-order valence-corrected chi connectivity index (χ0v) is 16.4. The third-order valence-corrected chi connectivity index (χ3v) is 9.71. The van der Waals surface area contributed by atoms with Crippen LogP contribution >= 0.6 is 0 Å². The maximum absolute atomic E-state index is 11.1. The highest BCUT2D eigenvalue weighted by atomic mass is 28.4. The van der Waals surface area contributed by atoms with E-state index in [-0.39, 0.29) is 11.0 Å². The molecule has 0 radical (unpaired) electrons. The second kappa shape index (κ2) is 8.41. The smallest absolute Gasteiger partial charge is 0.261 e. The first-order chi connectivity index (χ1) is 12.0. The molecular formula is C22H28O2Si. The summed E-state index contributed by atoms with van der Waals surface area (Å²) < 4.78 is 6.73. The number of benzene rings is 2. The Morgan fingerprint density at radius 3 is 1.84 bits per heavy atom. The Morgan fingerprint density at radius 1 is 1.00 bits per heavy atom. The van der Waals surface area contributed by atoms with Gasteiger partial charge in [0.05, 0.1) is 0 Å². The number of carbonyl (C=O) groups excluding carboxylic acids is 1. The predicted octanol–water partition coefficient (Wildman–Crippen LogP) is 3.95. The molecule has 0 amide bonds. The van der Waals surface area contributed by atoms with Crippen molar-refractivity contribution in [3.05, 3.63) is 73.3 Å². The van der Waals surface area contributed by atoms with Crippen LogP contribution in [-0.2, 0) is 9.22 Å². The van der Waals surface area contributed by atoms with Gasteiger partial charge in [-0.05, 0) is 21.8 Å². The van der Waals surface area contributed by atoms with Crippen LogP contribution in [0.4, 0.5) is 0 Å². The molecule has 2 nitrogen and oxygen atoms in total. The average molecular weight is 353 g/mol. The van der Waals surface area contributed by atoms with Crippen molar-refractivity contribution in [3.63, 3.8) is 0 Å². The van der Waals surface area contributed by atoms with Crippen LogP contribution in [0.15, 0.2) is 73.3 Å². The molecule has 1 atom stereocenters. The molecular weight excluding hydrogens is 324 g/mol. The molecule has 0 saturated heterocycles. The summed E-state index contributed by atoms with van der Waals surface area (Å²) in [7, 11) is -2.49. The van der Waals surface area contributed by atoms with Crippen molar-refractivity contribution >= 4 is 25.0 Å². The molecule has 0 N–H and O–H groups in total. The molecule has 25 heavy (non-hydrogen) atoms. The fourth-order valence-corrected chi connectivity index (χ4v) is 7.93. The van der Waals surface area contributed by atoms with Gasteiger partial charge in [0.15, 0.2) is 0 Å². The number of allylic oxidation sites excluding steroid dienone is 1. The van der Waals surface area contributed by atoms with Gasteiger partial charge >= 0.3 is 0 Å². The lowest BCUT2D eigenvalue weighted by molar-refractivity contribution is -0.110. The number of rotatable bonds is 8. The van der Waals surface area contributed by atoms with Gasteiger partial charge in [0, 0.05) is 12.5 Å². The minimum absolute atomic E-state index is 0.0411. The normalized spacial score (nSPS) is 13.2. The maximum Gasteiger partial charge on any atom is 0.261 e. The molecule has 0 aliphatic rings. The van der Waals surface area contributed by atoms with E-state index in [1.54, 1.807) is 6.08 Å². The molecule has 0 aliphatic heterocycles. The summed E-state index contributed by atoms with van der Waals surface area (Å²) in [5, 5.41) is 2.48. The third kappa shape index (κ3) is 4.17. The minimum Gasteiger partial charge on any atom is -0.407 e. The van der Waals surface area contributed by atoms with Gasteiger partial charge in [0.1, 0.15) is 6.29 Å². The summed E-state index contributed by atoms with van der Waals surface area (Å²) in [5.41, 5.74) is 0. The Labute approximate surface area is 152 Å². The van der Waals surface area contributed by atoms with Crippen molar-refractivity contribution in [2.75, 3.05) is 6.61 Å². The van der Waals surface area contributed by atoms with Gasteiger partial charge in [-0.15, -0.1) is 6.58 Å². The van der Waals surface area contributed by atoms with E-state index in [0.717, 1.165) is 6.29 Å². The Bertz CT molecular complexity index is 627. The minimum atomic E-state index is -2.49. The number of hydrogen-bond acceptors (Lipinski definition) is 2. The fraction of sp³-hybridized carbons (Fsp3) is 0.318. The fourth-order valence-electron chi connectivity index (χ4n) is 3.35. The topological polar surface area (TPSA) is 26.3 Å². The quantitative estimate of drug-likeness (QED) is 0.408. The third-order valence-electron chi connectivity index (χ3n) is 4.66. The number of carbonyl (C=O) groups is 1. The van der Waals surface area contributed by atoms with E-state index < -0.39 is 8.32 Å². The van der Waals surface area contributed by atoms with Crippen molar-refractivity contribution in [3.8, 4) is 0 Å². The van der Waals surface area contributed by atoms with Crippen LogP contribution in [-0.4, -0.2) is 21.2 Å². The highest BCUT2D eigenvalue weighted by Crippen LogP contribution is 2.36. The monoisotopic (exact) mass is 352 g/mol. The van der Waals surface area contributed by atoms with Crippen LogP contribution in [0.2, 0.25) is 5.04 Å². The highest BCUT2D eigenvalue weighted by molar-refractivity contribution is 6.99. The Kier molecular flexibility index (Phi) is 6.51. The first-order valence-corrected chi connectivity index (χ1v) is 10.7. The molecule has 3 heteroatoms. The van der Waals surface area contributed by atoms with Crippen molar-refractivity contribution < 1.29 is 9.22 Å². The SMILES string of the molecule is C=C[C@@H](C=O)CCO[Si](c1ccccc1)(c1ccccc1)C(C)(C)C. The predicted molar refractivity (Wildman–Crippen MR) is 108 cm³/mol. The lowest BCUT2D eigenvalue weighted by Gasteiger charge is -2.43. The summed E-state index contributed by atoms with van der Waals surface area (Å²) in [6.07, 6.45) is 3.31. The molecule has 0 fully saturated rings. The standard InChI is InChI=1S/C22H28O2Si/c1-5-19(18-23)16-17-24-25(22(2,3)4,20-12-8-6-9-13-20)21-14-10-7-11-15-21/h5-15,18-19H,1,16-17H2,2-4H3/t19-/m1/s1. The van der Waals surface area contributed by atoms with Gasteiger partial charge in [-0.1, -0.05) is 87.5 Å². The molecule has 0 aliphatic carbocycles. The summed E-state index contributed by atoms with van der Waals surface area (Å²) >= 11 is 0. The van der Waals surface area contributed by atoms with Gasteiger partial charge < -0.3 is 9.22 Å². The average Bonchev–Trinajstić information content (AvgIpc) is 2.62. The van der Waals surface area contributed by atoms with Crippen LogP contribution in [0, 0.1) is 5.92 Å². The first kappa shape index (κ1) is 19.4. The summed E-state index contributed by atoms with van der Waals surface area (Å²) in [6, 6.07) is 21.1. The Hall–Kier alpha value is -1.97. The van der Waals surface area contributed by atoms with Crippen LogP contribution in [0.3, 0.4) is 0 Å². The Morgan fingerprint density at radius 2 is 1.48 bits per heavy atom. The van der Waals surface area contributed by atoms with Crippen LogP contribution in [0.25, 0.3) is 0 Å². The molecule has 132 valence electrons. The molecule has 0 aromatic heterocycles. The largest absolute Gasteiger partial charge is 0.407 e. The van der Waals surface area contributed by atoms with Crippen molar-refractivity contribution in [1.82, 2.24) is 0 Å². The zero-order valence-electron chi connectivity index (χ0n) is 15.4. The lowest BCUT2D eigenvalue weighted by Crippen LogP contribution is -2.66. The molecule has 0 bridgehead atoms. The molecule has 2 aromatic carbocycles. The van der Waals surface area contributed by atoms with Crippen LogP contribution in [0.5, 0.6) is 0 Å². The van der Waals surface area contributed by atoms with Crippen molar-refractivity contribution in [2.24, 2.45) is 5.92 Å². The second-order valence-electron chi connectivity index (χ2n) is 7.34. The van der Waals surface area contributed by atoms with E-state index in [0.29, 0.717) is 13.0 Å². The molecule has 2 rings (SSSR count). The van der Waals surface area contributed by atoms with E-state index >= 15 is 0 Å². The van der Waals surface area contributed by atoms with Crippen LogP contribution in [0.1, 0.15) is 27.2 Å². The highest BCUT2D eigenvalue weighted by Gasteiger charge is 2.49. The second-order valence-corrected chi connectivity index (χ2v) is 11.6. The maximum atomic E-state index is 11.1. The van der Waals surface area contributed by atoms with E-state index in [2.05, 4.69) is 75.9 Å². The molecule has 0 unspecified atom stereocenters. The Balaban J connectivity index is 2.49. The molecule has 0 spiro atoms. The van der Waals surface area contributed by atoms with E-state index in [1.807, 2.05) is 12.1 Å². The summed E-state index contributed by atoms with van der Waals surface area (Å²) in [5.74, 6) is -0.154. The van der Waals surface area contributed by atoms with Crippen molar-refractivity contribution in [1.29, 1.82) is 0 Å². The first-order valence-electron chi connectivity index (χ1n) is 8.78. The summed E-state index contributed by atoms with van der Waals surface area (Å²) in [4.78, 5) is 11.1. The van der Waals surface area contributed by atoms with Gasteiger partial charge in [-0.2, -0.15) is 0 Å². The zero-order chi connectivity index (χ0) is 18.3. The van der Waals surface area contributed by atoms with Crippen LogP contribution < -0.4 is 10.4 Å². The van der Waals surface area contributed by atoms with Crippen molar-refractivity contribution in [2.45, 2.75) is 32.2 Å². The van der Waals surface area contributed by atoms with Gasteiger partial charge in [-0.3, -0.25) is 0 Å². The van der Waals surface area contributed by atoms with Gasteiger partial charge in [0.2, 0.25) is 0 Å². The molecule has 0 saturated carbocycles. The number of hydrogen-bond donors (Lipinski definition) is 0. The molecule has 2 aromatic rings. The molecule has 0 heterocycles. The van der Waals surface area contributed by atoms with Gasteiger partial charge in [0.25, 0.3) is 8.32 Å². The number of aldehydes is 1.